The molecule has 1 aliphatic heterocycles. The van der Waals surface area contributed by atoms with E-state index in [1.807, 2.05) is 6.07 Å². The number of esters is 1. The second-order valence-electron chi connectivity index (χ2n) is 5.08. The molecule has 0 bridgehead atoms. The van der Waals surface area contributed by atoms with E-state index in [4.69, 9.17) is 10.5 Å². The third kappa shape index (κ3) is 3.69. The van der Waals surface area contributed by atoms with Crippen molar-refractivity contribution in [1.82, 2.24) is 4.90 Å². The van der Waals surface area contributed by atoms with Crippen LogP contribution < -0.4 is 5.73 Å². The smallest absolute Gasteiger partial charge is 0.377 e. The Bertz CT molecular complexity index is 560. The molecule has 7 nitrogen and oxygen atoms in total. The number of nitrogens with zero attached hydrogens (tertiary/aromatic N) is 1. The summed E-state index contributed by atoms with van der Waals surface area (Å²) in [4.78, 5) is 36.8. The number of β-amino-alcohol motifs (C(OH)–C–C–N with tert-alkyl or cyclic N) is 1. The first kappa shape index (κ1) is 16.1. The Morgan fingerprint density at radius 2 is 1.95 bits per heavy atom. The predicted molar refractivity (Wildman–Crippen MR) is 76.4 cm³/mol. The molecule has 0 aliphatic carbocycles. The van der Waals surface area contributed by atoms with E-state index < -0.39 is 29.8 Å². The molecular weight excluding hydrogens is 288 g/mol. The van der Waals surface area contributed by atoms with Crippen molar-refractivity contribution in [3.63, 3.8) is 0 Å². The quantitative estimate of drug-likeness (QED) is 0.545. The van der Waals surface area contributed by atoms with Crippen LogP contribution in [0.1, 0.15) is 12.0 Å². The van der Waals surface area contributed by atoms with Crippen LogP contribution >= 0.6 is 0 Å². The van der Waals surface area contributed by atoms with E-state index in [2.05, 4.69) is 0 Å². The first-order valence-corrected chi connectivity index (χ1v) is 6.95. The van der Waals surface area contributed by atoms with Gasteiger partial charge in [-0.2, -0.15) is 0 Å². The van der Waals surface area contributed by atoms with Crippen molar-refractivity contribution in [3.8, 4) is 0 Å². The largest absolute Gasteiger partial charge is 0.455 e. The van der Waals surface area contributed by atoms with Crippen molar-refractivity contribution >= 4 is 17.7 Å². The molecule has 0 unspecified atom stereocenters. The lowest BCUT2D eigenvalue weighted by molar-refractivity contribution is -0.157. The highest BCUT2D eigenvalue weighted by atomic mass is 16.5. The van der Waals surface area contributed by atoms with Crippen molar-refractivity contribution < 1.29 is 24.2 Å². The van der Waals surface area contributed by atoms with Gasteiger partial charge < -0.3 is 20.5 Å². The molecular formula is C15H18N2O5. The molecule has 2 atom stereocenters. The second-order valence-corrected chi connectivity index (χ2v) is 5.08. The summed E-state index contributed by atoms with van der Waals surface area (Å²) in [6.07, 6.45) is -0.822. The molecule has 0 radical (unpaired) electrons. The summed E-state index contributed by atoms with van der Waals surface area (Å²) in [5.41, 5.74) is 6.02. The Kier molecular flexibility index (Phi) is 5.24. The lowest BCUT2D eigenvalue weighted by Gasteiger charge is -2.21. The molecule has 0 saturated carbocycles. The van der Waals surface area contributed by atoms with E-state index >= 15 is 0 Å². The number of amides is 1. The maximum Gasteiger partial charge on any atom is 0.377 e. The van der Waals surface area contributed by atoms with Gasteiger partial charge in [-0.25, -0.2) is 4.79 Å². The predicted octanol–water partition coefficient (Wildman–Crippen LogP) is -0.781. The number of aliphatic hydroxyl groups excluding tert-OH is 1. The number of benzene rings is 1. The van der Waals surface area contributed by atoms with Crippen LogP contribution in [0.2, 0.25) is 0 Å². The molecule has 1 heterocycles. The molecule has 0 aromatic heterocycles. The minimum absolute atomic E-state index is 0.00158. The van der Waals surface area contributed by atoms with Crippen molar-refractivity contribution in [1.29, 1.82) is 0 Å². The van der Waals surface area contributed by atoms with E-state index in [0.29, 0.717) is 0 Å². The number of hydrogen-bond acceptors (Lipinski definition) is 6. The maximum atomic E-state index is 12.1. The number of nitrogens with two attached hydrogens (primary N) is 1. The monoisotopic (exact) mass is 306 g/mol. The van der Waals surface area contributed by atoms with Gasteiger partial charge in [-0.1, -0.05) is 30.3 Å². The Hall–Kier alpha value is -2.25. The molecule has 1 saturated heterocycles. The van der Waals surface area contributed by atoms with Gasteiger partial charge in [0, 0.05) is 13.0 Å². The van der Waals surface area contributed by atoms with Crippen LogP contribution in [0.4, 0.5) is 0 Å². The van der Waals surface area contributed by atoms with Gasteiger partial charge in [0.1, 0.15) is 12.6 Å². The van der Waals surface area contributed by atoms with Crippen LogP contribution in [-0.2, 0) is 25.7 Å². The van der Waals surface area contributed by atoms with Crippen LogP contribution in [0.3, 0.4) is 0 Å². The number of likely N-dealkylation sites (tertiary alicyclic amines) is 1. The van der Waals surface area contributed by atoms with Gasteiger partial charge in [0.25, 0.3) is 5.78 Å². The van der Waals surface area contributed by atoms with Gasteiger partial charge in [-0.05, 0) is 5.56 Å². The number of carbonyl (C=O) groups excluding carboxylic acids is 3. The lowest BCUT2D eigenvalue weighted by Crippen LogP contribution is -2.46. The number of ketones is 1. The molecule has 2 rings (SSSR count). The average Bonchev–Trinajstić information content (AvgIpc) is 2.94. The fraction of sp³-hybridized carbons (Fsp3) is 0.400. The normalized spacial score (nSPS) is 20.7. The Labute approximate surface area is 127 Å². The van der Waals surface area contributed by atoms with Gasteiger partial charge in [-0.15, -0.1) is 0 Å². The minimum atomic E-state index is -1.02. The van der Waals surface area contributed by atoms with Gasteiger partial charge >= 0.3 is 5.97 Å². The average molecular weight is 306 g/mol. The molecule has 3 N–H and O–H groups in total. The first-order valence-electron chi connectivity index (χ1n) is 6.95. The summed E-state index contributed by atoms with van der Waals surface area (Å²) in [5, 5.41) is 9.61. The standard InChI is InChI=1S/C15H18N2O5/c16-7-13(19)17-8-11(18)6-12(17)14(20)15(21)22-9-10-4-2-1-3-5-10/h1-5,11-12,18H,6-9,16H2/t11-,12+/m1/s1. The van der Waals surface area contributed by atoms with Gasteiger partial charge in [0.05, 0.1) is 12.6 Å². The summed E-state index contributed by atoms with van der Waals surface area (Å²) < 4.78 is 4.96. The third-order valence-corrected chi connectivity index (χ3v) is 3.49. The fourth-order valence-corrected chi connectivity index (χ4v) is 2.39. The minimum Gasteiger partial charge on any atom is -0.455 e. The van der Waals surface area contributed by atoms with Crippen LogP contribution in [0.5, 0.6) is 0 Å². The number of ether oxygens (including phenoxy) is 1. The molecule has 1 amide bonds. The van der Waals surface area contributed by atoms with Crippen molar-refractivity contribution in [3.05, 3.63) is 35.9 Å². The van der Waals surface area contributed by atoms with E-state index in [9.17, 15) is 19.5 Å². The molecule has 1 aromatic rings. The van der Waals surface area contributed by atoms with Crippen LogP contribution in [0.25, 0.3) is 0 Å². The fourth-order valence-electron chi connectivity index (χ4n) is 2.39. The Morgan fingerprint density at radius 1 is 1.27 bits per heavy atom. The summed E-state index contributed by atoms with van der Waals surface area (Å²) in [7, 11) is 0. The number of rotatable bonds is 5. The van der Waals surface area contributed by atoms with Crippen LogP contribution in [0, 0.1) is 0 Å². The van der Waals surface area contributed by atoms with Crippen LogP contribution in [0.15, 0.2) is 30.3 Å². The van der Waals surface area contributed by atoms with Crippen molar-refractivity contribution in [2.45, 2.75) is 25.2 Å². The van der Waals surface area contributed by atoms with Crippen LogP contribution in [-0.4, -0.2) is 52.9 Å². The number of aliphatic hydroxyl groups is 1. The SMILES string of the molecule is NCC(=O)N1C[C@H](O)C[C@H]1C(=O)C(=O)OCc1ccccc1. The third-order valence-electron chi connectivity index (χ3n) is 3.49. The zero-order chi connectivity index (χ0) is 16.1. The Morgan fingerprint density at radius 3 is 2.59 bits per heavy atom. The molecule has 22 heavy (non-hydrogen) atoms. The summed E-state index contributed by atoms with van der Waals surface area (Å²) in [6.45, 7) is -0.306. The van der Waals surface area contributed by atoms with E-state index in [0.717, 1.165) is 10.5 Å². The summed E-state index contributed by atoms with van der Waals surface area (Å²) in [6, 6.07) is 7.93. The van der Waals surface area contributed by atoms with E-state index in [1.165, 1.54) is 0 Å². The highest BCUT2D eigenvalue weighted by Crippen LogP contribution is 2.19. The molecule has 1 aliphatic rings. The van der Waals surface area contributed by atoms with Crippen molar-refractivity contribution in [2.24, 2.45) is 5.73 Å². The lowest BCUT2D eigenvalue weighted by atomic mass is 10.1. The highest BCUT2D eigenvalue weighted by molar-refractivity contribution is 6.36. The number of hydrogen-bond donors (Lipinski definition) is 2. The molecule has 118 valence electrons. The second kappa shape index (κ2) is 7.15. The number of carbonyl (C=O) groups is 3. The maximum absolute atomic E-state index is 12.1. The molecule has 1 aromatic carbocycles. The molecule has 1 fully saturated rings. The molecule has 7 heteroatoms. The van der Waals surface area contributed by atoms with Gasteiger partial charge in [-0.3, -0.25) is 9.59 Å². The summed E-state index contributed by atoms with van der Waals surface area (Å²) >= 11 is 0. The number of Topliss-reactive ketones (excluding diaryl/α,β-unsaturated/α-hetero) is 1. The zero-order valence-electron chi connectivity index (χ0n) is 12.0. The summed E-state index contributed by atoms with van der Waals surface area (Å²) in [5.74, 6) is -2.34. The van der Waals surface area contributed by atoms with Crippen molar-refractivity contribution in [2.75, 3.05) is 13.1 Å². The van der Waals surface area contributed by atoms with E-state index in [1.54, 1.807) is 24.3 Å². The Balaban J connectivity index is 1.97. The van der Waals surface area contributed by atoms with E-state index in [-0.39, 0.29) is 26.1 Å². The first-order chi connectivity index (χ1) is 10.5. The highest BCUT2D eigenvalue weighted by Gasteiger charge is 2.41. The topological polar surface area (TPSA) is 110 Å². The van der Waals surface area contributed by atoms with Gasteiger partial charge in [0.15, 0.2) is 0 Å². The zero-order valence-corrected chi connectivity index (χ0v) is 12.0. The van der Waals surface area contributed by atoms with Gasteiger partial charge in [0.2, 0.25) is 5.91 Å². The molecule has 0 spiro atoms.